The maximum absolute atomic E-state index is 12.6. The molecule has 124 valence electrons. The number of rotatable bonds is 4. The summed E-state index contributed by atoms with van der Waals surface area (Å²) in [4.78, 5) is 24.8. The van der Waals surface area contributed by atoms with Crippen molar-refractivity contribution in [2.45, 2.75) is 13.0 Å². The molecule has 0 aliphatic rings. The number of hydrogen-bond donors (Lipinski definition) is 1. The van der Waals surface area contributed by atoms with E-state index in [4.69, 9.17) is 0 Å². The predicted molar refractivity (Wildman–Crippen MR) is 98.4 cm³/mol. The van der Waals surface area contributed by atoms with Crippen LogP contribution in [-0.4, -0.2) is 20.4 Å². The number of carbonyl (C=O) groups excluding carboxylic acids is 1. The van der Waals surface area contributed by atoms with Crippen molar-refractivity contribution in [2.75, 3.05) is 0 Å². The molecule has 0 saturated heterocycles. The van der Waals surface area contributed by atoms with Crippen LogP contribution in [0.25, 0.3) is 11.0 Å². The number of aryl methyl sites for hydroxylation is 2. The van der Waals surface area contributed by atoms with E-state index in [1.165, 1.54) is 16.9 Å². The van der Waals surface area contributed by atoms with Crippen molar-refractivity contribution in [3.05, 3.63) is 82.4 Å². The Balaban J connectivity index is 1.59. The van der Waals surface area contributed by atoms with Crippen molar-refractivity contribution in [1.29, 1.82) is 0 Å². The van der Waals surface area contributed by atoms with Crippen LogP contribution in [-0.2, 0) is 13.0 Å². The molecule has 5 nitrogen and oxygen atoms in total. The molecule has 0 spiro atoms. The Bertz CT molecular complexity index is 1080. The van der Waals surface area contributed by atoms with Crippen molar-refractivity contribution < 1.29 is 4.79 Å². The highest BCUT2D eigenvalue weighted by atomic mass is 32.1. The summed E-state index contributed by atoms with van der Waals surface area (Å²) in [6, 6.07) is 14.0. The zero-order valence-corrected chi connectivity index (χ0v) is 14.2. The molecule has 0 fully saturated rings. The molecular weight excluding hydrogens is 332 g/mol. The van der Waals surface area contributed by atoms with Gasteiger partial charge in [0.1, 0.15) is 5.65 Å². The van der Waals surface area contributed by atoms with E-state index in [0.717, 1.165) is 18.4 Å². The minimum Gasteiger partial charge on any atom is -0.345 e. The van der Waals surface area contributed by atoms with Crippen molar-refractivity contribution >= 4 is 28.3 Å². The second kappa shape index (κ2) is 6.86. The van der Waals surface area contributed by atoms with Crippen LogP contribution in [0.4, 0.5) is 0 Å². The highest BCUT2D eigenvalue weighted by molar-refractivity contribution is 7.07. The molecule has 0 atom stereocenters. The number of H-pyrrole nitrogens is 1. The number of pyridine rings is 1. The van der Waals surface area contributed by atoms with Crippen LogP contribution in [0.5, 0.6) is 0 Å². The average molecular weight is 348 g/mol. The Labute approximate surface area is 148 Å². The number of aromatic amines is 1. The van der Waals surface area contributed by atoms with Crippen LogP contribution >= 0.6 is 11.3 Å². The minimum absolute atomic E-state index is 0.254. The van der Waals surface area contributed by atoms with Gasteiger partial charge in [0.15, 0.2) is 4.80 Å². The van der Waals surface area contributed by atoms with Crippen molar-refractivity contribution in [3.63, 3.8) is 0 Å². The molecule has 6 heteroatoms. The molecule has 4 rings (SSSR count). The summed E-state index contributed by atoms with van der Waals surface area (Å²) in [6.07, 6.45) is 6.24. The van der Waals surface area contributed by atoms with Gasteiger partial charge in [0.2, 0.25) is 0 Å². The maximum atomic E-state index is 12.6. The third-order valence-electron chi connectivity index (χ3n) is 4.02. The largest absolute Gasteiger partial charge is 0.345 e. The van der Waals surface area contributed by atoms with Crippen LogP contribution in [0.15, 0.2) is 71.4 Å². The number of nitrogens with zero attached hydrogens (tertiary/aromatic N) is 3. The van der Waals surface area contributed by atoms with Gasteiger partial charge in [-0.25, -0.2) is 4.98 Å². The zero-order valence-electron chi connectivity index (χ0n) is 13.4. The molecule has 0 saturated carbocycles. The van der Waals surface area contributed by atoms with Gasteiger partial charge in [0.25, 0.3) is 5.91 Å². The highest BCUT2D eigenvalue weighted by Crippen LogP contribution is 2.16. The van der Waals surface area contributed by atoms with Gasteiger partial charge in [0.05, 0.1) is 5.56 Å². The number of thiazole rings is 1. The fourth-order valence-electron chi connectivity index (χ4n) is 2.73. The average Bonchev–Trinajstić information content (AvgIpc) is 3.27. The van der Waals surface area contributed by atoms with Crippen LogP contribution in [0.2, 0.25) is 0 Å². The van der Waals surface area contributed by atoms with E-state index < -0.39 is 0 Å². The fraction of sp³-hybridized carbons (Fsp3) is 0.105. The summed E-state index contributed by atoms with van der Waals surface area (Å²) < 4.78 is 2.02. The molecule has 0 unspecified atom stereocenters. The lowest BCUT2D eigenvalue weighted by molar-refractivity contribution is 0.0999. The topological polar surface area (TPSA) is 63.0 Å². The van der Waals surface area contributed by atoms with Gasteiger partial charge in [-0.1, -0.05) is 30.3 Å². The quantitative estimate of drug-likeness (QED) is 0.614. The number of hydrogen-bond acceptors (Lipinski definition) is 3. The van der Waals surface area contributed by atoms with Crippen LogP contribution < -0.4 is 4.80 Å². The first-order chi connectivity index (χ1) is 12.3. The van der Waals surface area contributed by atoms with Gasteiger partial charge in [-0.15, -0.1) is 11.3 Å². The second-order valence-corrected chi connectivity index (χ2v) is 6.51. The van der Waals surface area contributed by atoms with E-state index in [1.54, 1.807) is 12.4 Å². The first kappa shape index (κ1) is 15.5. The Hall–Kier alpha value is -2.99. The monoisotopic (exact) mass is 348 g/mol. The normalized spacial score (nSPS) is 11.9. The summed E-state index contributed by atoms with van der Waals surface area (Å²) in [5, 5.41) is 2.75. The number of nitrogens with one attached hydrogen (secondary N) is 1. The van der Waals surface area contributed by atoms with Crippen molar-refractivity contribution in [2.24, 2.45) is 4.99 Å². The van der Waals surface area contributed by atoms with Gasteiger partial charge >= 0.3 is 0 Å². The zero-order chi connectivity index (χ0) is 17.1. The van der Waals surface area contributed by atoms with E-state index in [-0.39, 0.29) is 5.91 Å². The first-order valence-electron chi connectivity index (χ1n) is 8.00. The lowest BCUT2D eigenvalue weighted by atomic mass is 10.1. The summed E-state index contributed by atoms with van der Waals surface area (Å²) in [5.74, 6) is -0.254. The molecule has 0 aliphatic heterocycles. The van der Waals surface area contributed by atoms with Gasteiger partial charge in [-0.2, -0.15) is 4.99 Å². The Morgan fingerprint density at radius 2 is 2.08 bits per heavy atom. The van der Waals surface area contributed by atoms with Crippen LogP contribution in [0.1, 0.15) is 15.9 Å². The molecule has 3 aromatic heterocycles. The molecule has 3 heterocycles. The lowest BCUT2D eigenvalue weighted by Gasteiger charge is -2.03. The van der Waals surface area contributed by atoms with E-state index in [1.807, 2.05) is 46.5 Å². The smallest absolute Gasteiger partial charge is 0.281 e. The molecule has 25 heavy (non-hydrogen) atoms. The fourth-order valence-corrected chi connectivity index (χ4v) is 3.48. The van der Waals surface area contributed by atoms with Gasteiger partial charge in [-0.3, -0.25) is 4.79 Å². The molecule has 0 radical (unpaired) electrons. The molecular formula is C19H16N4OS. The number of fused-ring (bicyclic) bond motifs is 1. The number of carbonyl (C=O) groups is 1. The number of benzene rings is 1. The molecule has 1 amide bonds. The van der Waals surface area contributed by atoms with Crippen molar-refractivity contribution in [1.82, 2.24) is 14.5 Å². The molecule has 1 aromatic carbocycles. The Kier molecular flexibility index (Phi) is 4.26. The number of amides is 1. The van der Waals surface area contributed by atoms with E-state index in [2.05, 4.69) is 27.1 Å². The summed E-state index contributed by atoms with van der Waals surface area (Å²) in [7, 11) is 0. The SMILES string of the molecule is O=C(N=c1sccn1CCc1ccccc1)c1c[nH]c2ncccc12. The van der Waals surface area contributed by atoms with E-state index >= 15 is 0 Å². The maximum Gasteiger partial charge on any atom is 0.281 e. The van der Waals surface area contributed by atoms with Crippen LogP contribution in [0.3, 0.4) is 0 Å². The Morgan fingerprint density at radius 3 is 2.96 bits per heavy atom. The van der Waals surface area contributed by atoms with Crippen molar-refractivity contribution in [3.8, 4) is 0 Å². The number of aromatic nitrogens is 3. The summed E-state index contributed by atoms with van der Waals surface area (Å²) >= 11 is 1.47. The minimum atomic E-state index is -0.254. The summed E-state index contributed by atoms with van der Waals surface area (Å²) in [5.41, 5.74) is 2.51. The second-order valence-electron chi connectivity index (χ2n) is 5.63. The standard InChI is InChI=1S/C19H16N4OS/c24-18(16-13-21-17-15(16)7-4-9-20-17)22-19-23(11-12-25-19)10-8-14-5-2-1-3-6-14/h1-7,9,11-13H,8,10H2,(H,20,21). The lowest BCUT2D eigenvalue weighted by Crippen LogP contribution is -2.17. The summed E-state index contributed by atoms with van der Waals surface area (Å²) in [6.45, 7) is 0.787. The Morgan fingerprint density at radius 1 is 1.20 bits per heavy atom. The molecule has 1 N–H and O–H groups in total. The van der Waals surface area contributed by atoms with Gasteiger partial charge in [0, 0.05) is 35.9 Å². The van der Waals surface area contributed by atoms with Crippen LogP contribution in [0, 0.1) is 0 Å². The van der Waals surface area contributed by atoms with E-state index in [0.29, 0.717) is 16.0 Å². The highest BCUT2D eigenvalue weighted by Gasteiger charge is 2.11. The third-order valence-corrected chi connectivity index (χ3v) is 4.82. The van der Waals surface area contributed by atoms with Gasteiger partial charge in [-0.05, 0) is 24.1 Å². The molecule has 4 aromatic rings. The first-order valence-corrected chi connectivity index (χ1v) is 8.88. The molecule has 0 bridgehead atoms. The third kappa shape index (κ3) is 3.29. The molecule has 0 aliphatic carbocycles. The van der Waals surface area contributed by atoms with Gasteiger partial charge < -0.3 is 9.55 Å². The predicted octanol–water partition coefficient (Wildman–Crippen LogP) is 3.41. The van der Waals surface area contributed by atoms with E-state index in [9.17, 15) is 4.79 Å².